The molecule has 62 heavy (non-hydrogen) atoms. The molecule has 0 spiro atoms. The molecule has 4 aromatic carbocycles. The van der Waals surface area contributed by atoms with Gasteiger partial charge in [-0.25, -0.2) is 0 Å². The van der Waals surface area contributed by atoms with E-state index in [0.717, 1.165) is 24.1 Å². The third kappa shape index (κ3) is 6.84. The molecule has 1 aromatic heterocycles. The van der Waals surface area contributed by atoms with Gasteiger partial charge in [-0.3, -0.25) is 0 Å². The summed E-state index contributed by atoms with van der Waals surface area (Å²) < 4.78 is 7.55. The summed E-state index contributed by atoms with van der Waals surface area (Å²) in [6, 6.07) is 24.5. The van der Waals surface area contributed by atoms with Crippen molar-refractivity contribution in [2.24, 2.45) is 16.7 Å². The number of hydrogen-bond donors (Lipinski definition) is 0. The van der Waals surface area contributed by atoms with E-state index in [1.807, 2.05) is 0 Å². The van der Waals surface area contributed by atoms with Gasteiger partial charge in [0.25, 0.3) is 6.71 Å². The van der Waals surface area contributed by atoms with Crippen molar-refractivity contribution < 1.29 is 4.42 Å². The predicted octanol–water partition coefficient (Wildman–Crippen LogP) is 14.7. The molecule has 0 bridgehead atoms. The van der Waals surface area contributed by atoms with Crippen molar-refractivity contribution in [3.8, 4) is 0 Å². The lowest BCUT2D eigenvalue weighted by atomic mass is 9.35. The maximum absolute atomic E-state index is 7.55. The average Bonchev–Trinajstić information content (AvgIpc) is 3.52. The Morgan fingerprint density at radius 1 is 0.629 bits per heavy atom. The van der Waals surface area contributed by atoms with Crippen LogP contribution in [0.3, 0.4) is 0 Å². The van der Waals surface area contributed by atoms with Crippen LogP contribution < -0.4 is 26.4 Å². The van der Waals surface area contributed by atoms with Crippen molar-refractivity contribution in [1.29, 1.82) is 0 Å². The molecule has 0 N–H and O–H groups in total. The molecule has 2 aliphatic heterocycles. The minimum Gasteiger partial charge on any atom is -0.468 e. The van der Waals surface area contributed by atoms with E-state index in [-0.39, 0.29) is 39.2 Å². The van der Waals surface area contributed by atoms with Crippen molar-refractivity contribution in [3.05, 3.63) is 117 Å². The Kier molecular flexibility index (Phi) is 9.36. The van der Waals surface area contributed by atoms with Gasteiger partial charge in [-0.1, -0.05) is 135 Å². The van der Waals surface area contributed by atoms with E-state index in [1.165, 1.54) is 95.8 Å². The van der Waals surface area contributed by atoms with Crippen molar-refractivity contribution in [2.75, 3.05) is 9.80 Å². The van der Waals surface area contributed by atoms with Crippen LogP contribution in [0.4, 0.5) is 28.4 Å². The zero-order valence-corrected chi connectivity index (χ0v) is 41.5. The number of fused-ring (bicyclic) bond motifs is 7. The van der Waals surface area contributed by atoms with Gasteiger partial charge in [-0.15, -0.1) is 0 Å². The maximum Gasteiger partial charge on any atom is 0.297 e. The number of hydrogen-bond acceptors (Lipinski definition) is 3. The molecule has 4 aliphatic rings. The summed E-state index contributed by atoms with van der Waals surface area (Å²) in [6.07, 6.45) is 8.42. The summed E-state index contributed by atoms with van der Waals surface area (Å²) in [7, 11) is 0. The van der Waals surface area contributed by atoms with Gasteiger partial charge in [-0.2, -0.15) is 0 Å². The largest absolute Gasteiger partial charge is 0.468 e. The van der Waals surface area contributed by atoms with E-state index < -0.39 is 0 Å². The predicted molar refractivity (Wildman–Crippen MR) is 269 cm³/mol. The van der Waals surface area contributed by atoms with Crippen LogP contribution >= 0.6 is 0 Å². The topological polar surface area (TPSA) is 19.6 Å². The van der Waals surface area contributed by atoms with E-state index in [1.54, 1.807) is 0 Å². The average molecular weight is 825 g/mol. The van der Waals surface area contributed by atoms with Crippen molar-refractivity contribution >= 4 is 62.7 Å². The molecule has 9 rings (SSSR count). The first-order valence-corrected chi connectivity index (χ1v) is 23.6. The summed E-state index contributed by atoms with van der Waals surface area (Å²) in [5, 5.41) is 1.22. The van der Waals surface area contributed by atoms with Crippen LogP contribution in [0.25, 0.3) is 11.0 Å². The van der Waals surface area contributed by atoms with Crippen LogP contribution in [0.1, 0.15) is 163 Å². The fraction of sp³-hybridized carbons (Fsp3) is 0.483. The smallest absolute Gasteiger partial charge is 0.297 e. The van der Waals surface area contributed by atoms with Crippen LogP contribution in [0.15, 0.2) is 88.5 Å². The van der Waals surface area contributed by atoms with Crippen LogP contribution in [0.5, 0.6) is 0 Å². The number of nitrogens with zero attached hydrogens (tertiary/aromatic N) is 2. The monoisotopic (exact) mass is 825 g/mol. The molecule has 4 heteroatoms. The van der Waals surface area contributed by atoms with Gasteiger partial charge in [0.05, 0.1) is 11.3 Å². The third-order valence-corrected chi connectivity index (χ3v) is 15.2. The van der Waals surface area contributed by atoms with E-state index in [0.29, 0.717) is 5.92 Å². The summed E-state index contributed by atoms with van der Waals surface area (Å²) in [6.45, 7) is 42.7. The van der Waals surface area contributed by atoms with Gasteiger partial charge in [0, 0.05) is 33.8 Å². The number of rotatable bonds is 2. The maximum atomic E-state index is 7.55. The molecule has 3 nitrogen and oxygen atoms in total. The van der Waals surface area contributed by atoms with Gasteiger partial charge in [-0.05, 0) is 170 Å². The van der Waals surface area contributed by atoms with E-state index in [9.17, 15) is 0 Å². The van der Waals surface area contributed by atoms with Gasteiger partial charge < -0.3 is 14.2 Å². The van der Waals surface area contributed by atoms with Gasteiger partial charge in [0.2, 0.25) is 0 Å². The molecule has 324 valence electrons. The zero-order valence-electron chi connectivity index (χ0n) is 41.5. The van der Waals surface area contributed by atoms with Crippen LogP contribution in [0, 0.1) is 30.6 Å². The Hall–Kier alpha value is -4.44. The van der Waals surface area contributed by atoms with Crippen LogP contribution in [0.2, 0.25) is 0 Å². The molecule has 5 aromatic rings. The quantitative estimate of drug-likeness (QED) is 0.162. The Morgan fingerprint density at radius 3 is 1.76 bits per heavy atom. The Morgan fingerprint density at radius 2 is 1.19 bits per heavy atom. The highest BCUT2D eigenvalue weighted by Crippen LogP contribution is 2.53. The summed E-state index contributed by atoms with van der Waals surface area (Å²) in [5.74, 6) is 0.400. The lowest BCUT2D eigenvalue weighted by Gasteiger charge is -2.45. The minimum absolute atomic E-state index is 0.0140. The first-order chi connectivity index (χ1) is 28.5. The second-order valence-electron chi connectivity index (χ2n) is 25.3. The van der Waals surface area contributed by atoms with Gasteiger partial charge in [0.15, 0.2) is 0 Å². The first-order valence-electron chi connectivity index (χ1n) is 23.6. The Labute approximate surface area is 375 Å². The second-order valence-corrected chi connectivity index (χ2v) is 25.3. The number of aryl methyl sites for hydroxylation is 2. The lowest BCUT2D eigenvalue weighted by Crippen LogP contribution is -2.61. The highest BCUT2D eigenvalue weighted by Gasteiger charge is 2.49. The van der Waals surface area contributed by atoms with Crippen molar-refractivity contribution in [1.82, 2.24) is 0 Å². The highest BCUT2D eigenvalue weighted by molar-refractivity contribution is 6.99. The Bertz CT molecular complexity index is 2710. The molecule has 2 aliphatic carbocycles. The lowest BCUT2D eigenvalue weighted by molar-refractivity contribution is 0.283. The number of furan rings is 1. The van der Waals surface area contributed by atoms with E-state index in [4.69, 9.17) is 4.42 Å². The normalized spacial score (nSPS) is 19.5. The first kappa shape index (κ1) is 42.8. The molecule has 0 saturated carbocycles. The summed E-state index contributed by atoms with van der Waals surface area (Å²) in [4.78, 5) is 5.30. The molecule has 1 atom stereocenters. The van der Waals surface area contributed by atoms with Gasteiger partial charge >= 0.3 is 0 Å². The summed E-state index contributed by atoms with van der Waals surface area (Å²) >= 11 is 0. The van der Waals surface area contributed by atoms with Crippen LogP contribution in [-0.2, 0) is 21.7 Å². The molecule has 0 radical (unpaired) electrons. The zero-order chi connectivity index (χ0) is 45.0. The highest BCUT2D eigenvalue weighted by atomic mass is 16.3. The number of benzene rings is 4. The number of anilines is 5. The van der Waals surface area contributed by atoms with Gasteiger partial charge in [0.1, 0.15) is 5.58 Å². The molecular formula is C58H73BN2O. The number of allylic oxidation sites excluding steroid dienone is 4. The molecular weight excluding hydrogens is 751 g/mol. The minimum atomic E-state index is -0.0720. The molecule has 3 heterocycles. The molecule has 0 saturated heterocycles. The molecule has 1 unspecified atom stereocenters. The third-order valence-electron chi connectivity index (χ3n) is 15.2. The Balaban J connectivity index is 1.41. The fourth-order valence-corrected chi connectivity index (χ4v) is 10.9. The van der Waals surface area contributed by atoms with E-state index >= 15 is 0 Å². The molecule has 0 amide bonds. The second kappa shape index (κ2) is 13.5. The standard InChI is InChI=1S/C58H73BN2O/c1-34-19-20-45-46(23-34)60(40-28-36(53(3,4)5)26-37(29-40)54(6,7)8)47-24-35(2)25-48-50(47)59(45)52-51(61(48)41-30-38(55(9,10)11)27-39(31-41)56(12,13)14)42-32-43-44(33-49(42)62-52)58(17,18)22-21-57(43,15)16/h19-20,23-28,30-33,37H,21-22,29H2,1-18H3. The van der Waals surface area contributed by atoms with E-state index in [2.05, 4.69) is 207 Å². The van der Waals surface area contributed by atoms with Crippen LogP contribution in [-0.4, -0.2) is 6.71 Å². The van der Waals surface area contributed by atoms with Crippen molar-refractivity contribution in [3.63, 3.8) is 0 Å². The SMILES string of the molecule is Cc1ccc2c(c1)N(C1=CC(C(C)(C)C)=CC(C(C)(C)C)C1)c1cc(C)cc3c1B2c1oc2cc4c(cc2c1N3c1cc(C(C)(C)C)cc(C(C)(C)C)c1)C(C)(C)CCC4(C)C. The fourth-order valence-electron chi connectivity index (χ4n) is 10.9. The summed E-state index contributed by atoms with van der Waals surface area (Å²) in [5.41, 5.74) is 22.0. The van der Waals surface area contributed by atoms with Crippen molar-refractivity contribution in [2.45, 2.75) is 166 Å². The molecule has 0 fully saturated rings.